The summed E-state index contributed by atoms with van der Waals surface area (Å²) < 4.78 is 0. The number of hydrogen-bond acceptors (Lipinski definition) is 3. The number of thioether (sulfide) groups is 1. The minimum atomic E-state index is -0.107. The first kappa shape index (κ1) is 15.1. The highest BCUT2D eigenvalue weighted by Gasteiger charge is 2.04. The number of carbonyl (C=O) groups is 1. The molecule has 106 valence electrons. The minimum absolute atomic E-state index is 0.107. The number of benzene rings is 2. The fourth-order valence-corrected chi connectivity index (χ4v) is 2.53. The van der Waals surface area contributed by atoms with Crippen LogP contribution in [0.3, 0.4) is 0 Å². The molecule has 0 radical (unpaired) electrons. The number of rotatable bonds is 5. The van der Waals surface area contributed by atoms with Gasteiger partial charge in [-0.1, -0.05) is 17.7 Å². The van der Waals surface area contributed by atoms with E-state index in [9.17, 15) is 4.79 Å². The highest BCUT2D eigenvalue weighted by molar-refractivity contribution is 7.99. The highest BCUT2D eigenvalue weighted by Crippen LogP contribution is 2.17. The molecule has 1 amide bonds. The molecule has 21 heavy (non-hydrogen) atoms. The van der Waals surface area contributed by atoms with Crippen molar-refractivity contribution in [3.8, 4) is 6.07 Å². The second kappa shape index (κ2) is 7.51. The van der Waals surface area contributed by atoms with Gasteiger partial charge in [0.1, 0.15) is 0 Å². The maximum Gasteiger partial charge on any atom is 0.251 e. The maximum absolute atomic E-state index is 11.9. The Morgan fingerprint density at radius 2 is 1.81 bits per heavy atom. The smallest absolute Gasteiger partial charge is 0.251 e. The molecule has 0 spiro atoms. The lowest BCUT2D eigenvalue weighted by molar-refractivity contribution is 0.0956. The fraction of sp³-hybridized carbons (Fsp3) is 0.176. The molecule has 0 saturated heterocycles. The van der Waals surface area contributed by atoms with Crippen LogP contribution in [0.2, 0.25) is 0 Å². The first-order chi connectivity index (χ1) is 10.2. The van der Waals surface area contributed by atoms with Crippen molar-refractivity contribution in [3.63, 3.8) is 0 Å². The van der Waals surface area contributed by atoms with Crippen molar-refractivity contribution in [2.45, 2.75) is 11.8 Å². The summed E-state index contributed by atoms with van der Waals surface area (Å²) >= 11 is 1.71. The third kappa shape index (κ3) is 4.66. The zero-order valence-corrected chi connectivity index (χ0v) is 12.6. The number of carbonyl (C=O) groups excluding carboxylic acids is 1. The van der Waals surface area contributed by atoms with E-state index < -0.39 is 0 Å². The molecule has 0 atom stereocenters. The molecule has 2 aromatic rings. The molecule has 0 saturated carbocycles. The summed E-state index contributed by atoms with van der Waals surface area (Å²) in [6.45, 7) is 2.67. The summed E-state index contributed by atoms with van der Waals surface area (Å²) in [7, 11) is 0. The summed E-state index contributed by atoms with van der Waals surface area (Å²) in [5, 5.41) is 11.6. The number of nitrogens with zero attached hydrogens (tertiary/aromatic N) is 1. The molecule has 0 fully saturated rings. The summed E-state index contributed by atoms with van der Waals surface area (Å²) in [6.07, 6.45) is 0. The molecule has 0 bridgehead atoms. The van der Waals surface area contributed by atoms with E-state index in [2.05, 4.69) is 36.5 Å². The number of aryl methyl sites for hydroxylation is 1. The molecule has 1 N–H and O–H groups in total. The molecule has 0 aliphatic heterocycles. The second-order valence-corrected chi connectivity index (χ2v) is 5.77. The molecule has 2 rings (SSSR count). The van der Waals surface area contributed by atoms with E-state index in [0.717, 1.165) is 5.75 Å². The average Bonchev–Trinajstić information content (AvgIpc) is 2.53. The van der Waals surface area contributed by atoms with Gasteiger partial charge in [-0.05, 0) is 43.3 Å². The first-order valence-corrected chi connectivity index (χ1v) is 7.65. The van der Waals surface area contributed by atoms with Gasteiger partial charge >= 0.3 is 0 Å². The monoisotopic (exact) mass is 296 g/mol. The summed E-state index contributed by atoms with van der Waals surface area (Å²) in [6, 6.07) is 17.0. The molecule has 0 aromatic heterocycles. The minimum Gasteiger partial charge on any atom is -0.351 e. The van der Waals surface area contributed by atoms with Crippen LogP contribution in [0, 0.1) is 18.3 Å². The van der Waals surface area contributed by atoms with E-state index in [1.54, 1.807) is 36.0 Å². The third-order valence-corrected chi connectivity index (χ3v) is 3.97. The summed E-state index contributed by atoms with van der Waals surface area (Å²) in [5.74, 6) is 0.717. The molecule has 4 heteroatoms. The van der Waals surface area contributed by atoms with Crippen LogP contribution < -0.4 is 5.32 Å². The van der Waals surface area contributed by atoms with E-state index in [-0.39, 0.29) is 5.91 Å². The van der Waals surface area contributed by atoms with Crippen molar-refractivity contribution in [3.05, 3.63) is 65.2 Å². The van der Waals surface area contributed by atoms with Crippen LogP contribution in [0.4, 0.5) is 0 Å². The van der Waals surface area contributed by atoms with Crippen molar-refractivity contribution in [1.29, 1.82) is 5.26 Å². The van der Waals surface area contributed by atoms with Crippen molar-refractivity contribution in [1.82, 2.24) is 5.32 Å². The van der Waals surface area contributed by atoms with Crippen molar-refractivity contribution >= 4 is 17.7 Å². The Bertz CT molecular complexity index is 642. The van der Waals surface area contributed by atoms with E-state index in [1.807, 2.05) is 6.07 Å². The maximum atomic E-state index is 11.9. The topological polar surface area (TPSA) is 52.9 Å². The lowest BCUT2D eigenvalue weighted by Crippen LogP contribution is -2.25. The Labute approximate surface area is 129 Å². The van der Waals surface area contributed by atoms with Crippen LogP contribution in [-0.4, -0.2) is 18.2 Å². The standard InChI is InChI=1S/C17H16N2OS/c1-13-2-8-16(9-3-13)21-11-10-19-17(20)15-6-4-14(12-18)5-7-15/h2-9H,10-11H2,1H3,(H,19,20). The highest BCUT2D eigenvalue weighted by atomic mass is 32.2. The Hall–Kier alpha value is -2.25. The van der Waals surface area contributed by atoms with Gasteiger partial charge in [0.2, 0.25) is 0 Å². The molecule has 0 heterocycles. The van der Waals surface area contributed by atoms with E-state index in [0.29, 0.717) is 17.7 Å². The van der Waals surface area contributed by atoms with Gasteiger partial charge in [-0.2, -0.15) is 5.26 Å². The SMILES string of the molecule is Cc1ccc(SCCNC(=O)c2ccc(C#N)cc2)cc1. The number of hydrogen-bond donors (Lipinski definition) is 1. The molecule has 2 aromatic carbocycles. The normalized spacial score (nSPS) is 9.90. The number of amides is 1. The van der Waals surface area contributed by atoms with Gasteiger partial charge in [-0.3, -0.25) is 4.79 Å². The van der Waals surface area contributed by atoms with Gasteiger partial charge in [0, 0.05) is 22.8 Å². The number of nitriles is 1. The average molecular weight is 296 g/mol. The van der Waals surface area contributed by atoms with Gasteiger partial charge < -0.3 is 5.32 Å². The van der Waals surface area contributed by atoms with Crippen LogP contribution in [0.5, 0.6) is 0 Å². The zero-order chi connectivity index (χ0) is 15.1. The molecule has 0 aliphatic carbocycles. The van der Waals surface area contributed by atoms with Crippen molar-refractivity contribution in [2.75, 3.05) is 12.3 Å². The lowest BCUT2D eigenvalue weighted by Gasteiger charge is -2.05. The predicted octanol–water partition coefficient (Wildman–Crippen LogP) is 3.39. The quantitative estimate of drug-likeness (QED) is 0.679. The van der Waals surface area contributed by atoms with Crippen molar-refractivity contribution < 1.29 is 4.79 Å². The van der Waals surface area contributed by atoms with Crippen molar-refractivity contribution in [2.24, 2.45) is 0 Å². The number of nitrogens with one attached hydrogen (secondary N) is 1. The van der Waals surface area contributed by atoms with Crippen LogP contribution in [-0.2, 0) is 0 Å². The molecular formula is C17H16N2OS. The zero-order valence-electron chi connectivity index (χ0n) is 11.8. The third-order valence-electron chi connectivity index (χ3n) is 2.95. The second-order valence-electron chi connectivity index (χ2n) is 4.61. The Kier molecular flexibility index (Phi) is 5.42. The molecular weight excluding hydrogens is 280 g/mol. The molecule has 3 nitrogen and oxygen atoms in total. The summed E-state index contributed by atoms with van der Waals surface area (Å²) in [4.78, 5) is 13.1. The Balaban J connectivity index is 1.76. The molecule has 0 unspecified atom stereocenters. The summed E-state index contributed by atoms with van der Waals surface area (Å²) in [5.41, 5.74) is 2.38. The van der Waals surface area contributed by atoms with Gasteiger partial charge in [0.05, 0.1) is 11.6 Å². The van der Waals surface area contributed by atoms with Gasteiger partial charge in [-0.15, -0.1) is 11.8 Å². The van der Waals surface area contributed by atoms with Gasteiger partial charge in [0.25, 0.3) is 5.91 Å². The van der Waals surface area contributed by atoms with E-state index >= 15 is 0 Å². The van der Waals surface area contributed by atoms with Gasteiger partial charge in [-0.25, -0.2) is 0 Å². The lowest BCUT2D eigenvalue weighted by atomic mass is 10.1. The van der Waals surface area contributed by atoms with Gasteiger partial charge in [0.15, 0.2) is 0 Å². The Morgan fingerprint density at radius 3 is 2.43 bits per heavy atom. The Morgan fingerprint density at radius 1 is 1.14 bits per heavy atom. The van der Waals surface area contributed by atoms with Crippen LogP contribution in [0.1, 0.15) is 21.5 Å². The van der Waals surface area contributed by atoms with E-state index in [1.165, 1.54) is 10.5 Å². The van der Waals surface area contributed by atoms with Crippen LogP contribution >= 0.6 is 11.8 Å². The van der Waals surface area contributed by atoms with Crippen LogP contribution in [0.25, 0.3) is 0 Å². The van der Waals surface area contributed by atoms with Crippen LogP contribution in [0.15, 0.2) is 53.4 Å². The largest absolute Gasteiger partial charge is 0.351 e. The molecule has 0 aliphatic rings. The predicted molar refractivity (Wildman–Crippen MR) is 85.4 cm³/mol. The first-order valence-electron chi connectivity index (χ1n) is 6.67. The fourth-order valence-electron chi connectivity index (χ4n) is 1.77. The van der Waals surface area contributed by atoms with E-state index in [4.69, 9.17) is 5.26 Å².